The second kappa shape index (κ2) is 5.57. The highest BCUT2D eigenvalue weighted by Gasteiger charge is 2.43. The molecule has 0 aromatic heterocycles. The van der Waals surface area contributed by atoms with Gasteiger partial charge in [-0.1, -0.05) is 0 Å². The molecule has 0 aromatic carbocycles. The number of hydrogen-bond acceptors (Lipinski definition) is 3. The molecule has 1 unspecified atom stereocenters. The van der Waals surface area contributed by atoms with E-state index >= 15 is 0 Å². The van der Waals surface area contributed by atoms with Gasteiger partial charge >= 0.3 is 0 Å². The summed E-state index contributed by atoms with van der Waals surface area (Å²) in [6, 6.07) is 0. The van der Waals surface area contributed by atoms with Gasteiger partial charge in [-0.3, -0.25) is 4.79 Å². The van der Waals surface area contributed by atoms with E-state index < -0.39 is 11.0 Å². The molecule has 0 aliphatic carbocycles. The van der Waals surface area contributed by atoms with Crippen LogP contribution in [-0.4, -0.2) is 41.1 Å². The summed E-state index contributed by atoms with van der Waals surface area (Å²) in [6.07, 6.45) is 2.92. The number of piperidine rings is 1. The van der Waals surface area contributed by atoms with E-state index in [-0.39, 0.29) is 12.5 Å². The Morgan fingerprint density at radius 2 is 2.00 bits per heavy atom. The number of hydrogen-bond donors (Lipinski definition) is 2. The number of amides is 1. The van der Waals surface area contributed by atoms with Crippen LogP contribution >= 0.6 is 0 Å². The zero-order valence-corrected chi connectivity index (χ0v) is 12.2. The van der Waals surface area contributed by atoms with Crippen molar-refractivity contribution in [2.45, 2.75) is 52.5 Å². The van der Waals surface area contributed by atoms with E-state index in [4.69, 9.17) is 10.8 Å². The van der Waals surface area contributed by atoms with Crippen LogP contribution in [0.4, 0.5) is 0 Å². The van der Waals surface area contributed by atoms with Crippen LogP contribution in [0, 0.1) is 11.3 Å². The summed E-state index contributed by atoms with van der Waals surface area (Å²) in [7, 11) is 0. The molecular formula is C14H28N2O2. The number of carbonyl (C=O) groups excluding carboxylic acids is 1. The van der Waals surface area contributed by atoms with Crippen molar-refractivity contribution in [1.82, 2.24) is 4.90 Å². The zero-order valence-electron chi connectivity index (χ0n) is 12.2. The molecule has 3 N–H and O–H groups in total. The third kappa shape index (κ3) is 3.23. The van der Waals surface area contributed by atoms with Crippen LogP contribution in [0.1, 0.15) is 47.0 Å². The minimum Gasteiger partial charge on any atom is -0.396 e. The predicted octanol–water partition coefficient (Wildman–Crippen LogP) is 1.37. The first-order chi connectivity index (χ1) is 8.20. The number of rotatable bonds is 4. The molecule has 1 fully saturated rings. The SMILES string of the molecule is CC(C)(N)C(C)(C)C(=O)N1CCCC(CCO)C1. The Hall–Kier alpha value is -0.610. The fourth-order valence-corrected chi connectivity index (χ4v) is 2.34. The standard InChI is InChI=1S/C14H28N2O2/c1-13(2,14(3,4)15)12(18)16-8-5-6-11(10-16)7-9-17/h11,17H,5-10,15H2,1-4H3. The van der Waals surface area contributed by atoms with Crippen molar-refractivity contribution in [3.63, 3.8) is 0 Å². The van der Waals surface area contributed by atoms with Crippen LogP contribution in [0.15, 0.2) is 0 Å². The van der Waals surface area contributed by atoms with E-state index in [1.165, 1.54) is 0 Å². The van der Waals surface area contributed by atoms with Crippen molar-refractivity contribution in [3.8, 4) is 0 Å². The smallest absolute Gasteiger partial charge is 0.230 e. The fourth-order valence-electron chi connectivity index (χ4n) is 2.34. The summed E-state index contributed by atoms with van der Waals surface area (Å²) >= 11 is 0. The Labute approximate surface area is 111 Å². The van der Waals surface area contributed by atoms with Crippen LogP contribution in [0.5, 0.6) is 0 Å². The van der Waals surface area contributed by atoms with Gasteiger partial charge in [0.2, 0.25) is 5.91 Å². The van der Waals surface area contributed by atoms with Crippen LogP contribution in [0.25, 0.3) is 0 Å². The molecule has 4 nitrogen and oxygen atoms in total. The maximum atomic E-state index is 12.6. The molecule has 18 heavy (non-hydrogen) atoms. The number of nitrogens with zero attached hydrogens (tertiary/aromatic N) is 1. The Morgan fingerprint density at radius 3 is 2.50 bits per heavy atom. The molecule has 1 heterocycles. The first-order valence-corrected chi connectivity index (χ1v) is 6.89. The predicted molar refractivity (Wildman–Crippen MR) is 73.1 cm³/mol. The summed E-state index contributed by atoms with van der Waals surface area (Å²) < 4.78 is 0. The van der Waals surface area contributed by atoms with E-state index in [2.05, 4.69) is 0 Å². The van der Waals surface area contributed by atoms with Crippen LogP contribution in [-0.2, 0) is 4.79 Å². The molecule has 0 bridgehead atoms. The van der Waals surface area contributed by atoms with Crippen molar-refractivity contribution in [2.75, 3.05) is 19.7 Å². The van der Waals surface area contributed by atoms with Gasteiger partial charge in [0.25, 0.3) is 0 Å². The Bertz CT molecular complexity index is 293. The van der Waals surface area contributed by atoms with Gasteiger partial charge in [0, 0.05) is 25.2 Å². The molecule has 1 aliphatic rings. The summed E-state index contributed by atoms with van der Waals surface area (Å²) in [5, 5.41) is 9.01. The van der Waals surface area contributed by atoms with Crippen LogP contribution in [0.3, 0.4) is 0 Å². The highest BCUT2D eigenvalue weighted by atomic mass is 16.3. The van der Waals surface area contributed by atoms with Crippen LogP contribution < -0.4 is 5.73 Å². The van der Waals surface area contributed by atoms with E-state index in [1.54, 1.807) is 0 Å². The van der Waals surface area contributed by atoms with Crippen molar-refractivity contribution in [1.29, 1.82) is 0 Å². The molecule has 106 valence electrons. The topological polar surface area (TPSA) is 66.6 Å². The number of aliphatic hydroxyl groups is 1. The number of aliphatic hydroxyl groups excluding tert-OH is 1. The summed E-state index contributed by atoms with van der Waals surface area (Å²) in [6.45, 7) is 9.44. The third-order valence-corrected chi connectivity index (χ3v) is 4.49. The highest BCUT2D eigenvalue weighted by Crippen LogP contribution is 2.32. The van der Waals surface area contributed by atoms with Gasteiger partial charge in [0.1, 0.15) is 0 Å². The third-order valence-electron chi connectivity index (χ3n) is 4.49. The molecule has 0 spiro atoms. The molecule has 4 heteroatoms. The first kappa shape index (κ1) is 15.4. The average molecular weight is 256 g/mol. The van der Waals surface area contributed by atoms with E-state index in [9.17, 15) is 4.79 Å². The Morgan fingerprint density at radius 1 is 1.39 bits per heavy atom. The molecule has 1 rings (SSSR count). The molecule has 0 radical (unpaired) electrons. The number of nitrogens with two attached hydrogens (primary N) is 1. The van der Waals surface area contributed by atoms with Gasteiger partial charge in [-0.2, -0.15) is 0 Å². The van der Waals surface area contributed by atoms with Gasteiger partial charge in [0.05, 0.1) is 5.41 Å². The van der Waals surface area contributed by atoms with Gasteiger partial charge in [-0.05, 0) is 52.9 Å². The van der Waals surface area contributed by atoms with E-state index in [0.717, 1.165) is 32.4 Å². The molecular weight excluding hydrogens is 228 g/mol. The summed E-state index contributed by atoms with van der Waals surface area (Å²) in [4.78, 5) is 14.5. The molecule has 0 saturated carbocycles. The summed E-state index contributed by atoms with van der Waals surface area (Å²) in [5.74, 6) is 0.571. The van der Waals surface area contributed by atoms with Gasteiger partial charge in [-0.25, -0.2) is 0 Å². The van der Waals surface area contributed by atoms with Crippen LogP contribution in [0.2, 0.25) is 0 Å². The van der Waals surface area contributed by atoms with E-state index in [0.29, 0.717) is 5.92 Å². The van der Waals surface area contributed by atoms with Crippen molar-refractivity contribution in [2.24, 2.45) is 17.1 Å². The number of carbonyl (C=O) groups is 1. The lowest BCUT2D eigenvalue weighted by atomic mass is 9.73. The van der Waals surface area contributed by atoms with Crippen molar-refractivity contribution in [3.05, 3.63) is 0 Å². The molecule has 0 aromatic rings. The lowest BCUT2D eigenvalue weighted by Crippen LogP contribution is -2.57. The van der Waals surface area contributed by atoms with Gasteiger partial charge in [0.15, 0.2) is 0 Å². The second-order valence-electron chi connectivity index (χ2n) is 6.62. The lowest BCUT2D eigenvalue weighted by molar-refractivity contribution is -0.145. The molecule has 1 saturated heterocycles. The molecule has 1 aliphatic heterocycles. The highest BCUT2D eigenvalue weighted by molar-refractivity contribution is 5.83. The molecule has 1 atom stereocenters. The average Bonchev–Trinajstić information content (AvgIpc) is 2.27. The Kier molecular flexibility index (Phi) is 4.78. The second-order valence-corrected chi connectivity index (χ2v) is 6.62. The van der Waals surface area contributed by atoms with Gasteiger partial charge in [-0.15, -0.1) is 0 Å². The Balaban J connectivity index is 2.72. The summed E-state index contributed by atoms with van der Waals surface area (Å²) in [5.41, 5.74) is 5.03. The first-order valence-electron chi connectivity index (χ1n) is 6.89. The lowest BCUT2D eigenvalue weighted by Gasteiger charge is -2.43. The molecule has 1 amide bonds. The normalized spacial score (nSPS) is 22.1. The largest absolute Gasteiger partial charge is 0.396 e. The fraction of sp³-hybridized carbons (Fsp3) is 0.929. The number of likely N-dealkylation sites (tertiary alicyclic amines) is 1. The maximum absolute atomic E-state index is 12.6. The quantitative estimate of drug-likeness (QED) is 0.798. The van der Waals surface area contributed by atoms with Crippen molar-refractivity contribution < 1.29 is 9.90 Å². The zero-order chi connectivity index (χ0) is 14.0. The monoisotopic (exact) mass is 256 g/mol. The van der Waals surface area contributed by atoms with Crippen molar-refractivity contribution >= 4 is 5.91 Å². The van der Waals surface area contributed by atoms with E-state index in [1.807, 2.05) is 32.6 Å². The minimum atomic E-state index is -0.561. The minimum absolute atomic E-state index is 0.137. The van der Waals surface area contributed by atoms with Gasteiger partial charge < -0.3 is 15.7 Å². The maximum Gasteiger partial charge on any atom is 0.230 e.